The van der Waals surface area contributed by atoms with Gasteiger partial charge in [-0.2, -0.15) is 0 Å². The van der Waals surface area contributed by atoms with E-state index in [0.717, 1.165) is 0 Å². The minimum absolute atomic E-state index is 0.144. The second kappa shape index (κ2) is 8.80. The predicted octanol–water partition coefficient (Wildman–Crippen LogP) is 7.29. The molecule has 0 N–H and O–H groups in total. The van der Waals surface area contributed by atoms with Gasteiger partial charge in [0, 0.05) is 5.56 Å². The third-order valence-corrected chi connectivity index (χ3v) is 5.97. The van der Waals surface area contributed by atoms with Gasteiger partial charge in [-0.1, -0.05) is 30.3 Å². The SMILES string of the molecule is CC(C)(C)[P+](=Cc1ccccc1)C(C)(C)C.[Cl][Al-]([Cl])([Cl])[Cl]. The van der Waals surface area contributed by atoms with Crippen LogP contribution in [0.25, 0.3) is 0 Å². The van der Waals surface area contributed by atoms with E-state index >= 15 is 0 Å². The van der Waals surface area contributed by atoms with Gasteiger partial charge in [-0.25, -0.2) is 0 Å². The van der Waals surface area contributed by atoms with Crippen LogP contribution in [0.15, 0.2) is 30.3 Å². The molecular weight excluding hydrogens is 380 g/mol. The van der Waals surface area contributed by atoms with Crippen molar-refractivity contribution in [2.75, 3.05) is 0 Å². The molecule has 0 aliphatic rings. The molecule has 120 valence electrons. The molecule has 21 heavy (non-hydrogen) atoms. The Morgan fingerprint density at radius 2 is 1.14 bits per heavy atom. The van der Waals surface area contributed by atoms with E-state index in [1.165, 1.54) is 5.56 Å². The van der Waals surface area contributed by atoms with Crippen LogP contribution in [0.2, 0.25) is 0 Å². The van der Waals surface area contributed by atoms with E-state index in [2.05, 4.69) is 77.7 Å². The molecule has 1 aromatic rings. The Morgan fingerprint density at radius 3 is 1.43 bits per heavy atom. The number of halogens is 4. The molecule has 0 nitrogen and oxygen atoms in total. The summed E-state index contributed by atoms with van der Waals surface area (Å²) in [4.78, 5) is 0. The monoisotopic (exact) mass is 402 g/mol. The van der Waals surface area contributed by atoms with E-state index in [0.29, 0.717) is 10.3 Å². The molecule has 0 saturated carbocycles. The minimum Gasteiger partial charge on any atom is -0.391 e. The van der Waals surface area contributed by atoms with Crippen LogP contribution in [0.4, 0.5) is 0 Å². The Kier molecular flexibility index (Phi) is 9.25. The van der Waals surface area contributed by atoms with Crippen LogP contribution in [0.1, 0.15) is 47.1 Å². The lowest BCUT2D eigenvalue weighted by molar-refractivity contribution is 0.721. The van der Waals surface area contributed by atoms with Gasteiger partial charge < -0.3 is 40.2 Å². The van der Waals surface area contributed by atoms with Gasteiger partial charge >= 0.3 is 9.39 Å². The zero-order valence-electron chi connectivity index (χ0n) is 13.5. The summed E-state index contributed by atoms with van der Waals surface area (Å²) < 4.78 is 0. The van der Waals surface area contributed by atoms with Gasteiger partial charge in [-0.15, -0.1) is 0 Å². The van der Waals surface area contributed by atoms with Crippen molar-refractivity contribution in [3.05, 3.63) is 35.9 Å². The molecule has 0 atom stereocenters. The summed E-state index contributed by atoms with van der Waals surface area (Å²) in [5, 5.41) is 0.729. The summed E-state index contributed by atoms with van der Waals surface area (Å²) in [6.45, 7) is 14.1. The van der Waals surface area contributed by atoms with E-state index < -0.39 is 9.39 Å². The highest BCUT2D eigenvalue weighted by molar-refractivity contribution is 7.81. The largest absolute Gasteiger partial charge is 0.564 e. The topological polar surface area (TPSA) is 0 Å². The summed E-state index contributed by atoms with van der Waals surface area (Å²) in [5.41, 5.74) is 1.36. The number of rotatable bonds is 1. The van der Waals surface area contributed by atoms with Crippen molar-refractivity contribution in [3.63, 3.8) is 0 Å². The summed E-state index contributed by atoms with van der Waals surface area (Å²) in [6.07, 6.45) is 0. The lowest BCUT2D eigenvalue weighted by Gasteiger charge is -2.22. The Labute approximate surface area is 150 Å². The smallest absolute Gasteiger partial charge is 0.391 e. The maximum atomic E-state index is 4.99. The molecule has 0 radical (unpaired) electrons. The molecule has 0 aliphatic heterocycles. The highest BCUT2D eigenvalue weighted by Crippen LogP contribution is 2.50. The van der Waals surface area contributed by atoms with Crippen LogP contribution >= 0.6 is 47.7 Å². The highest BCUT2D eigenvalue weighted by atomic mass is 35.9. The van der Waals surface area contributed by atoms with Crippen LogP contribution < -0.4 is 0 Å². The summed E-state index contributed by atoms with van der Waals surface area (Å²) in [7, 11) is 16.9. The Balaban J connectivity index is 0.000000690. The molecular formula is C15H24AlCl4P. The van der Waals surface area contributed by atoms with Crippen LogP contribution in [0.5, 0.6) is 0 Å². The first-order chi connectivity index (χ1) is 9.21. The zero-order chi connectivity index (χ0) is 16.9. The van der Waals surface area contributed by atoms with Crippen LogP contribution in [0, 0.1) is 0 Å². The Morgan fingerprint density at radius 1 is 0.810 bits per heavy atom. The maximum Gasteiger partial charge on any atom is 0.564 e. The number of hydrogen-bond donors (Lipinski definition) is 0. The first-order valence-electron chi connectivity index (χ1n) is 6.78. The highest BCUT2D eigenvalue weighted by Gasteiger charge is 2.39. The molecule has 0 aliphatic carbocycles. The average Bonchev–Trinajstić information content (AvgIpc) is 2.22. The molecule has 0 unspecified atom stereocenters. The van der Waals surface area contributed by atoms with E-state index in [4.69, 9.17) is 40.2 Å². The van der Waals surface area contributed by atoms with Crippen LogP contribution in [-0.4, -0.2) is 25.5 Å². The van der Waals surface area contributed by atoms with Gasteiger partial charge in [0.05, 0.1) is 0 Å². The number of hydrogen-bond acceptors (Lipinski definition) is 0. The Bertz CT molecular complexity index is 431. The van der Waals surface area contributed by atoms with E-state index in [-0.39, 0.29) is 7.55 Å². The van der Waals surface area contributed by atoms with Gasteiger partial charge in [0.25, 0.3) is 0 Å². The third kappa shape index (κ3) is 12.2. The molecule has 0 amide bonds. The molecule has 0 saturated heterocycles. The second-order valence-corrected chi connectivity index (χ2v) is 23.3. The van der Waals surface area contributed by atoms with E-state index in [1.54, 1.807) is 0 Å². The van der Waals surface area contributed by atoms with Crippen molar-refractivity contribution in [2.24, 2.45) is 0 Å². The first-order valence-corrected chi connectivity index (χ1v) is 15.2. The number of benzene rings is 1. The normalized spacial score (nSPS) is 12.3. The van der Waals surface area contributed by atoms with Gasteiger partial charge in [0.1, 0.15) is 23.7 Å². The molecule has 0 heterocycles. The molecule has 0 spiro atoms. The third-order valence-electron chi connectivity index (χ3n) is 2.52. The summed E-state index contributed by atoms with van der Waals surface area (Å²) >= 11 is 0. The van der Waals surface area contributed by atoms with Gasteiger partial charge in [-0.05, 0) is 41.5 Å². The zero-order valence-corrected chi connectivity index (χ0v) is 18.6. The lowest BCUT2D eigenvalue weighted by atomic mass is 10.2. The van der Waals surface area contributed by atoms with Crippen molar-refractivity contribution in [2.45, 2.75) is 51.9 Å². The Hall–Kier alpha value is 1.08. The molecule has 0 fully saturated rings. The molecule has 1 aromatic carbocycles. The van der Waals surface area contributed by atoms with Crippen molar-refractivity contribution < 1.29 is 0 Å². The van der Waals surface area contributed by atoms with Crippen LogP contribution in [0.3, 0.4) is 0 Å². The van der Waals surface area contributed by atoms with Crippen molar-refractivity contribution >= 4 is 62.9 Å². The molecule has 1 rings (SSSR count). The van der Waals surface area contributed by atoms with Crippen molar-refractivity contribution in [3.8, 4) is 0 Å². The minimum atomic E-state index is -2.94. The molecule has 0 bridgehead atoms. The fourth-order valence-corrected chi connectivity index (χ4v) is 5.34. The van der Waals surface area contributed by atoms with Gasteiger partial charge in [0.15, 0.2) is 0 Å². The molecule has 6 heteroatoms. The van der Waals surface area contributed by atoms with Gasteiger partial charge in [0.2, 0.25) is 0 Å². The van der Waals surface area contributed by atoms with Gasteiger partial charge in [-0.3, -0.25) is 0 Å². The molecule has 0 aromatic heterocycles. The maximum absolute atomic E-state index is 4.99. The standard InChI is InChI=1S/C15H24P.Al.4ClH/c1-14(2,3)16(15(4,5)6)12-13-10-8-7-9-11-13;;;;;/h7-12H,1-6H3;;4*1H/q+1;+3;;;;/p-4. The van der Waals surface area contributed by atoms with Crippen LogP contribution in [-0.2, 0) is 0 Å². The summed E-state index contributed by atoms with van der Waals surface area (Å²) in [5.74, 6) is 2.48. The van der Waals surface area contributed by atoms with E-state index in [1.807, 2.05) is 0 Å². The average molecular weight is 404 g/mol. The first kappa shape index (κ1) is 22.1. The van der Waals surface area contributed by atoms with Crippen molar-refractivity contribution in [1.82, 2.24) is 0 Å². The fourth-order valence-electron chi connectivity index (χ4n) is 2.08. The summed E-state index contributed by atoms with van der Waals surface area (Å²) in [6, 6.07) is 10.7. The quantitative estimate of drug-likeness (QED) is 0.341. The predicted molar refractivity (Wildman–Crippen MR) is 107 cm³/mol. The second-order valence-electron chi connectivity index (χ2n) is 6.75. The lowest BCUT2D eigenvalue weighted by Crippen LogP contribution is -2.21. The fraction of sp³-hybridized carbons (Fsp3) is 0.533. The van der Waals surface area contributed by atoms with Crippen molar-refractivity contribution in [1.29, 1.82) is 0 Å². The van der Waals surface area contributed by atoms with E-state index in [9.17, 15) is 0 Å².